The lowest BCUT2D eigenvalue weighted by Crippen LogP contribution is -2.44. The summed E-state index contributed by atoms with van der Waals surface area (Å²) in [5.74, 6) is -1.26. The van der Waals surface area contributed by atoms with Crippen molar-refractivity contribution >= 4 is 17.7 Å². The van der Waals surface area contributed by atoms with Crippen LogP contribution in [0.5, 0.6) is 5.75 Å². The Labute approximate surface area is 139 Å². The van der Waals surface area contributed by atoms with Gasteiger partial charge in [0.15, 0.2) is 5.41 Å². The Hall–Kier alpha value is -2.57. The van der Waals surface area contributed by atoms with Crippen molar-refractivity contribution in [2.75, 3.05) is 27.9 Å². The zero-order chi connectivity index (χ0) is 17.3. The first kappa shape index (κ1) is 16.3. The molecular formula is C17H19NO6. The third-order valence-electron chi connectivity index (χ3n) is 4.77. The van der Waals surface area contributed by atoms with Crippen LogP contribution in [-0.4, -0.2) is 45.6 Å². The van der Waals surface area contributed by atoms with Crippen LogP contribution in [0.3, 0.4) is 0 Å². The lowest BCUT2D eigenvalue weighted by Gasteiger charge is -2.30. The molecule has 24 heavy (non-hydrogen) atoms. The van der Waals surface area contributed by atoms with E-state index in [1.54, 1.807) is 19.2 Å². The maximum absolute atomic E-state index is 12.6. The van der Waals surface area contributed by atoms with E-state index >= 15 is 0 Å². The molecule has 3 rings (SSSR count). The number of fused-ring (bicyclic) bond motifs is 1. The molecule has 7 heteroatoms. The second kappa shape index (κ2) is 6.14. The molecule has 1 aliphatic carbocycles. The Bertz CT molecular complexity index is 665. The molecule has 0 unspecified atom stereocenters. The summed E-state index contributed by atoms with van der Waals surface area (Å²) in [7, 11) is 4.11. The van der Waals surface area contributed by atoms with Gasteiger partial charge >= 0.3 is 11.9 Å². The van der Waals surface area contributed by atoms with Crippen LogP contribution in [0.4, 0.5) is 0 Å². The third-order valence-corrected chi connectivity index (χ3v) is 4.77. The quantitative estimate of drug-likeness (QED) is 0.613. The molecule has 7 nitrogen and oxygen atoms in total. The lowest BCUT2D eigenvalue weighted by molar-refractivity contribution is -0.170. The average molecular weight is 333 g/mol. The van der Waals surface area contributed by atoms with Crippen molar-refractivity contribution in [2.45, 2.75) is 12.3 Å². The van der Waals surface area contributed by atoms with Gasteiger partial charge < -0.3 is 19.0 Å². The lowest BCUT2D eigenvalue weighted by atomic mass is 9.73. The van der Waals surface area contributed by atoms with E-state index < -0.39 is 23.3 Å². The highest BCUT2D eigenvalue weighted by atomic mass is 16.6. The van der Waals surface area contributed by atoms with E-state index in [1.165, 1.54) is 14.2 Å². The highest BCUT2D eigenvalue weighted by Crippen LogP contribution is 2.53. The number of nitrogens with zero attached hydrogens (tertiary/aromatic N) is 1. The van der Waals surface area contributed by atoms with E-state index in [2.05, 4.69) is 5.16 Å². The number of benzene rings is 1. The molecule has 2 atom stereocenters. The normalized spacial score (nSPS) is 23.7. The van der Waals surface area contributed by atoms with Crippen molar-refractivity contribution < 1.29 is 28.6 Å². The van der Waals surface area contributed by atoms with Gasteiger partial charge in [-0.05, 0) is 24.1 Å². The van der Waals surface area contributed by atoms with Crippen molar-refractivity contribution in [3.05, 3.63) is 29.8 Å². The fourth-order valence-corrected chi connectivity index (χ4v) is 3.67. The Morgan fingerprint density at radius 2 is 1.75 bits per heavy atom. The van der Waals surface area contributed by atoms with E-state index in [1.807, 2.05) is 12.1 Å². The zero-order valence-corrected chi connectivity index (χ0v) is 13.8. The first-order chi connectivity index (χ1) is 11.6. The first-order valence-electron chi connectivity index (χ1n) is 7.59. The Balaban J connectivity index is 2.14. The molecule has 0 spiro atoms. The fourth-order valence-electron chi connectivity index (χ4n) is 3.67. The maximum Gasteiger partial charge on any atom is 0.324 e. The molecule has 1 aromatic rings. The Kier molecular flexibility index (Phi) is 4.17. The summed E-state index contributed by atoms with van der Waals surface area (Å²) in [6.45, 7) is 0.345. The molecule has 2 aliphatic rings. The van der Waals surface area contributed by atoms with E-state index in [0.717, 1.165) is 5.56 Å². The molecule has 1 aromatic carbocycles. The molecule has 1 aliphatic heterocycles. The summed E-state index contributed by atoms with van der Waals surface area (Å²) < 4.78 is 15.1. The van der Waals surface area contributed by atoms with Gasteiger partial charge in [0.05, 0.1) is 33.0 Å². The van der Waals surface area contributed by atoms with E-state index in [4.69, 9.17) is 19.0 Å². The van der Waals surface area contributed by atoms with Crippen LogP contribution in [0.2, 0.25) is 0 Å². The van der Waals surface area contributed by atoms with Gasteiger partial charge in [0.25, 0.3) is 0 Å². The summed E-state index contributed by atoms with van der Waals surface area (Å²) in [5, 5.41) is 4.10. The number of methoxy groups -OCH3 is 3. The molecule has 1 heterocycles. The van der Waals surface area contributed by atoms with Gasteiger partial charge in [0, 0.05) is 5.92 Å². The number of esters is 2. The van der Waals surface area contributed by atoms with Crippen LogP contribution in [0.1, 0.15) is 17.9 Å². The molecule has 0 amide bonds. The first-order valence-corrected chi connectivity index (χ1v) is 7.59. The number of hydrogen-bond donors (Lipinski definition) is 0. The molecule has 0 N–H and O–H groups in total. The van der Waals surface area contributed by atoms with Crippen LogP contribution in [0.15, 0.2) is 29.4 Å². The predicted molar refractivity (Wildman–Crippen MR) is 83.7 cm³/mol. The SMILES string of the molecule is COC(=O)C1(C(=O)OC)C[C@H]2CON=C2[C@@H]1c1ccc(OC)cc1. The number of carbonyl (C=O) groups excluding carboxylic acids is 2. The summed E-state index contributed by atoms with van der Waals surface area (Å²) in [5.41, 5.74) is -0.0138. The van der Waals surface area contributed by atoms with Crippen molar-refractivity contribution in [1.29, 1.82) is 0 Å². The van der Waals surface area contributed by atoms with Gasteiger partial charge in [-0.3, -0.25) is 9.59 Å². The van der Waals surface area contributed by atoms with Crippen molar-refractivity contribution in [2.24, 2.45) is 16.5 Å². The van der Waals surface area contributed by atoms with Crippen molar-refractivity contribution in [3.63, 3.8) is 0 Å². The summed E-state index contributed by atoms with van der Waals surface area (Å²) in [6, 6.07) is 7.18. The smallest absolute Gasteiger partial charge is 0.324 e. The summed E-state index contributed by atoms with van der Waals surface area (Å²) >= 11 is 0. The zero-order valence-electron chi connectivity index (χ0n) is 13.8. The minimum absolute atomic E-state index is 0.115. The van der Waals surface area contributed by atoms with Crippen LogP contribution >= 0.6 is 0 Å². The standard InChI is InChI=1S/C17H19NO6/c1-21-12-6-4-10(5-7-12)13-14-11(9-24-18-14)8-17(13,15(19)22-2)16(20)23-3/h4-7,11,13H,8-9H2,1-3H3/t11-,13-/m0/s1. The highest BCUT2D eigenvalue weighted by molar-refractivity contribution is 6.12. The minimum Gasteiger partial charge on any atom is -0.497 e. The van der Waals surface area contributed by atoms with Crippen LogP contribution in [0.25, 0.3) is 0 Å². The largest absolute Gasteiger partial charge is 0.497 e. The molecule has 1 saturated carbocycles. The molecule has 128 valence electrons. The van der Waals surface area contributed by atoms with Gasteiger partial charge in [-0.15, -0.1) is 0 Å². The van der Waals surface area contributed by atoms with E-state index in [9.17, 15) is 9.59 Å². The van der Waals surface area contributed by atoms with Gasteiger partial charge in [0.1, 0.15) is 12.4 Å². The molecular weight excluding hydrogens is 314 g/mol. The van der Waals surface area contributed by atoms with Gasteiger partial charge in [-0.2, -0.15) is 0 Å². The summed E-state index contributed by atoms with van der Waals surface area (Å²) in [6.07, 6.45) is 0.252. The van der Waals surface area contributed by atoms with Crippen LogP contribution in [-0.2, 0) is 23.9 Å². The topological polar surface area (TPSA) is 83.4 Å². The van der Waals surface area contributed by atoms with Gasteiger partial charge in [0.2, 0.25) is 0 Å². The molecule has 0 saturated heterocycles. The van der Waals surface area contributed by atoms with Gasteiger partial charge in [-0.1, -0.05) is 17.3 Å². The third kappa shape index (κ3) is 2.23. The number of oxime groups is 1. The Morgan fingerprint density at radius 3 is 2.29 bits per heavy atom. The number of carbonyl (C=O) groups is 2. The number of ether oxygens (including phenoxy) is 3. The second-order valence-corrected chi connectivity index (χ2v) is 5.87. The molecule has 0 aromatic heterocycles. The molecule has 0 radical (unpaired) electrons. The molecule has 0 bridgehead atoms. The van der Waals surface area contributed by atoms with Crippen LogP contribution < -0.4 is 4.74 Å². The van der Waals surface area contributed by atoms with Gasteiger partial charge in [-0.25, -0.2) is 0 Å². The number of hydrogen-bond acceptors (Lipinski definition) is 7. The second-order valence-electron chi connectivity index (χ2n) is 5.87. The van der Waals surface area contributed by atoms with E-state index in [-0.39, 0.29) is 12.3 Å². The average Bonchev–Trinajstić information content (AvgIpc) is 3.19. The van der Waals surface area contributed by atoms with Crippen molar-refractivity contribution in [3.8, 4) is 5.75 Å². The molecule has 1 fully saturated rings. The predicted octanol–water partition coefficient (Wildman–Crippen LogP) is 1.52. The van der Waals surface area contributed by atoms with Crippen LogP contribution in [0, 0.1) is 11.3 Å². The highest BCUT2D eigenvalue weighted by Gasteiger charge is 2.64. The maximum atomic E-state index is 12.6. The number of rotatable bonds is 4. The minimum atomic E-state index is -1.45. The fraction of sp³-hybridized carbons (Fsp3) is 0.471. The monoisotopic (exact) mass is 333 g/mol. The van der Waals surface area contributed by atoms with E-state index in [0.29, 0.717) is 18.1 Å². The van der Waals surface area contributed by atoms with Crippen molar-refractivity contribution in [1.82, 2.24) is 0 Å². The Morgan fingerprint density at radius 1 is 1.12 bits per heavy atom. The summed E-state index contributed by atoms with van der Waals surface area (Å²) in [4.78, 5) is 30.4.